The molecular weight excluding hydrogens is 372 g/mol. The molecule has 0 saturated carbocycles. The summed E-state index contributed by atoms with van der Waals surface area (Å²) in [5, 5.41) is 2.82. The second-order valence-corrected chi connectivity index (χ2v) is 8.07. The molecule has 0 unspecified atom stereocenters. The number of benzene rings is 1. The number of piperidine rings is 1. The van der Waals surface area contributed by atoms with Crippen molar-refractivity contribution in [2.45, 2.75) is 40.0 Å². The van der Waals surface area contributed by atoms with Crippen LogP contribution in [0.15, 0.2) is 17.8 Å². The third kappa shape index (κ3) is 5.65. The molecule has 0 spiro atoms. The molecule has 29 heavy (non-hydrogen) atoms. The fourth-order valence-corrected chi connectivity index (χ4v) is 3.08. The fraction of sp³-hybridized carbons (Fsp3) is 0.545. The lowest BCUT2D eigenvalue weighted by Crippen LogP contribution is -2.43. The first kappa shape index (κ1) is 22.6. The van der Waals surface area contributed by atoms with E-state index in [-0.39, 0.29) is 17.5 Å². The molecule has 0 radical (unpaired) electrons. The number of methoxy groups -OCH3 is 3. The van der Waals surface area contributed by atoms with Gasteiger partial charge in [-0.25, -0.2) is 0 Å². The van der Waals surface area contributed by atoms with Crippen molar-refractivity contribution in [3.8, 4) is 17.2 Å². The van der Waals surface area contributed by atoms with Gasteiger partial charge in [-0.15, -0.1) is 0 Å². The molecule has 1 N–H and O–H groups in total. The van der Waals surface area contributed by atoms with Crippen molar-refractivity contribution in [1.82, 2.24) is 10.2 Å². The Balaban J connectivity index is 2.47. The van der Waals surface area contributed by atoms with E-state index in [9.17, 15) is 9.59 Å². The van der Waals surface area contributed by atoms with E-state index < -0.39 is 5.41 Å². The lowest BCUT2D eigenvalue weighted by Gasteiger charge is -2.28. The average Bonchev–Trinajstić information content (AvgIpc) is 2.71. The minimum absolute atomic E-state index is 0.184. The van der Waals surface area contributed by atoms with Crippen molar-refractivity contribution in [1.29, 1.82) is 0 Å². The zero-order chi connectivity index (χ0) is 21.6. The molecule has 1 heterocycles. The number of hydrogen-bond donors (Lipinski definition) is 1. The van der Waals surface area contributed by atoms with Crippen LogP contribution in [0.25, 0.3) is 6.08 Å². The van der Waals surface area contributed by atoms with Gasteiger partial charge in [0.15, 0.2) is 11.5 Å². The van der Waals surface area contributed by atoms with E-state index in [0.717, 1.165) is 19.3 Å². The quantitative estimate of drug-likeness (QED) is 0.737. The number of ether oxygens (including phenoxy) is 3. The highest BCUT2D eigenvalue weighted by Crippen LogP contribution is 2.38. The highest BCUT2D eigenvalue weighted by Gasteiger charge is 2.27. The summed E-state index contributed by atoms with van der Waals surface area (Å²) in [5.41, 5.74) is 0.270. The van der Waals surface area contributed by atoms with Gasteiger partial charge < -0.3 is 24.4 Å². The van der Waals surface area contributed by atoms with Crippen molar-refractivity contribution >= 4 is 17.9 Å². The van der Waals surface area contributed by atoms with E-state index in [1.54, 1.807) is 23.1 Å². The highest BCUT2D eigenvalue weighted by molar-refractivity contribution is 6.02. The Kier molecular flexibility index (Phi) is 7.53. The molecule has 0 atom stereocenters. The van der Waals surface area contributed by atoms with Gasteiger partial charge in [-0.1, -0.05) is 20.8 Å². The Hall–Kier alpha value is -2.70. The molecule has 2 amide bonds. The number of hydrogen-bond acceptors (Lipinski definition) is 5. The predicted octanol–water partition coefficient (Wildman–Crippen LogP) is 3.23. The summed E-state index contributed by atoms with van der Waals surface area (Å²) in [6.45, 7) is 6.81. The normalized spacial score (nSPS) is 15.0. The molecule has 7 heteroatoms. The molecule has 2 rings (SSSR count). The van der Waals surface area contributed by atoms with E-state index in [0.29, 0.717) is 35.9 Å². The van der Waals surface area contributed by atoms with Gasteiger partial charge >= 0.3 is 0 Å². The van der Waals surface area contributed by atoms with Crippen LogP contribution in [0.2, 0.25) is 0 Å². The minimum Gasteiger partial charge on any atom is -0.493 e. The van der Waals surface area contributed by atoms with Gasteiger partial charge in [-0.3, -0.25) is 9.59 Å². The number of carbonyl (C=O) groups excluding carboxylic acids is 2. The van der Waals surface area contributed by atoms with Crippen LogP contribution in [0, 0.1) is 5.41 Å². The molecule has 0 bridgehead atoms. The van der Waals surface area contributed by atoms with Gasteiger partial charge in [0.25, 0.3) is 5.91 Å². The third-order valence-electron chi connectivity index (χ3n) is 4.80. The highest BCUT2D eigenvalue weighted by atomic mass is 16.5. The molecule has 0 aliphatic carbocycles. The molecule has 0 aromatic heterocycles. The molecule has 1 aromatic carbocycles. The lowest BCUT2D eigenvalue weighted by molar-refractivity contribution is -0.132. The fourth-order valence-electron chi connectivity index (χ4n) is 3.08. The Morgan fingerprint density at radius 3 is 1.97 bits per heavy atom. The Morgan fingerprint density at radius 1 is 0.966 bits per heavy atom. The van der Waals surface area contributed by atoms with E-state index in [1.165, 1.54) is 21.3 Å². The second kappa shape index (κ2) is 9.67. The van der Waals surface area contributed by atoms with Crippen LogP contribution < -0.4 is 19.5 Å². The third-order valence-corrected chi connectivity index (χ3v) is 4.80. The van der Waals surface area contributed by atoms with E-state index in [2.05, 4.69) is 5.32 Å². The maximum atomic E-state index is 13.2. The largest absolute Gasteiger partial charge is 0.493 e. The van der Waals surface area contributed by atoms with Crippen LogP contribution >= 0.6 is 0 Å². The van der Waals surface area contributed by atoms with Crippen LogP contribution in [0.4, 0.5) is 0 Å². The average molecular weight is 405 g/mol. The monoisotopic (exact) mass is 404 g/mol. The van der Waals surface area contributed by atoms with Gasteiger partial charge in [0.1, 0.15) is 5.70 Å². The maximum Gasteiger partial charge on any atom is 0.270 e. The van der Waals surface area contributed by atoms with Crippen LogP contribution in [0.5, 0.6) is 17.2 Å². The van der Waals surface area contributed by atoms with Gasteiger partial charge in [0.2, 0.25) is 11.7 Å². The van der Waals surface area contributed by atoms with Crippen LogP contribution in [0.1, 0.15) is 45.6 Å². The summed E-state index contributed by atoms with van der Waals surface area (Å²) in [7, 11) is 4.60. The lowest BCUT2D eigenvalue weighted by atomic mass is 9.95. The van der Waals surface area contributed by atoms with Crippen molar-refractivity contribution in [2.24, 2.45) is 5.41 Å². The van der Waals surface area contributed by atoms with Gasteiger partial charge in [-0.2, -0.15) is 0 Å². The van der Waals surface area contributed by atoms with Crippen LogP contribution in [-0.2, 0) is 9.59 Å². The van der Waals surface area contributed by atoms with Gasteiger partial charge in [0, 0.05) is 18.5 Å². The summed E-state index contributed by atoms with van der Waals surface area (Å²) < 4.78 is 16.1. The Bertz CT molecular complexity index is 749. The number of amides is 2. The number of likely N-dealkylation sites (tertiary alicyclic amines) is 1. The van der Waals surface area contributed by atoms with Gasteiger partial charge in [-0.05, 0) is 43.0 Å². The van der Waals surface area contributed by atoms with Crippen molar-refractivity contribution in [3.63, 3.8) is 0 Å². The second-order valence-electron chi connectivity index (χ2n) is 8.07. The first-order valence-corrected chi connectivity index (χ1v) is 9.83. The molecule has 1 aliphatic rings. The number of nitrogens with zero attached hydrogens (tertiary/aromatic N) is 1. The summed E-state index contributed by atoms with van der Waals surface area (Å²) in [6.07, 6.45) is 4.71. The van der Waals surface area contributed by atoms with Crippen LogP contribution in [-0.4, -0.2) is 51.1 Å². The molecule has 1 aliphatic heterocycles. The Labute approximate surface area is 173 Å². The van der Waals surface area contributed by atoms with E-state index in [1.807, 2.05) is 20.8 Å². The molecule has 1 aromatic rings. The van der Waals surface area contributed by atoms with Crippen molar-refractivity contribution in [3.05, 3.63) is 23.4 Å². The zero-order valence-corrected chi connectivity index (χ0v) is 18.3. The first-order chi connectivity index (χ1) is 13.7. The maximum absolute atomic E-state index is 13.2. The number of carbonyl (C=O) groups is 2. The molecule has 1 fully saturated rings. The summed E-state index contributed by atoms with van der Waals surface area (Å²) in [6, 6.07) is 3.49. The molecule has 160 valence electrons. The SMILES string of the molecule is COc1cc(/C=C(\NC(=O)C(C)(C)C)C(=O)N2CCCCC2)cc(OC)c1OC. The topological polar surface area (TPSA) is 77.1 Å². The van der Waals surface area contributed by atoms with Crippen molar-refractivity contribution in [2.75, 3.05) is 34.4 Å². The Morgan fingerprint density at radius 2 is 1.52 bits per heavy atom. The summed E-state index contributed by atoms with van der Waals surface area (Å²) >= 11 is 0. The zero-order valence-electron chi connectivity index (χ0n) is 18.3. The molecular formula is C22H32N2O5. The van der Waals surface area contributed by atoms with Crippen molar-refractivity contribution < 1.29 is 23.8 Å². The summed E-state index contributed by atoms with van der Waals surface area (Å²) in [5.74, 6) is 1.02. The predicted molar refractivity (Wildman–Crippen MR) is 112 cm³/mol. The van der Waals surface area contributed by atoms with E-state index in [4.69, 9.17) is 14.2 Å². The standard InChI is InChI=1S/C22H32N2O5/c1-22(2,3)21(26)23-16(20(25)24-10-8-7-9-11-24)12-15-13-17(27-4)19(29-6)18(14-15)28-5/h12-14H,7-11H2,1-6H3,(H,23,26)/b16-12-. The van der Waals surface area contributed by atoms with E-state index >= 15 is 0 Å². The minimum atomic E-state index is -0.628. The number of rotatable bonds is 6. The first-order valence-electron chi connectivity index (χ1n) is 9.83. The number of nitrogens with one attached hydrogen (secondary N) is 1. The van der Waals surface area contributed by atoms with Gasteiger partial charge in [0.05, 0.1) is 21.3 Å². The molecule has 1 saturated heterocycles. The van der Waals surface area contributed by atoms with Crippen LogP contribution in [0.3, 0.4) is 0 Å². The smallest absolute Gasteiger partial charge is 0.270 e. The molecule has 7 nitrogen and oxygen atoms in total. The summed E-state index contributed by atoms with van der Waals surface area (Å²) in [4.78, 5) is 27.5.